The smallest absolute Gasteiger partial charge is 0.200 e. The van der Waals surface area contributed by atoms with Gasteiger partial charge in [0.1, 0.15) is 5.82 Å². The molecule has 0 radical (unpaired) electrons. The molecule has 1 fully saturated rings. The van der Waals surface area contributed by atoms with Crippen LogP contribution in [0, 0.1) is 15.3 Å². The van der Waals surface area contributed by atoms with Crippen molar-refractivity contribution < 1.29 is 8.82 Å². The maximum absolute atomic E-state index is 15.3. The lowest BCUT2D eigenvalue weighted by Gasteiger charge is -2.42. The molecule has 2 aromatic rings. The van der Waals surface area contributed by atoms with Crippen molar-refractivity contribution in [3.63, 3.8) is 0 Å². The topological polar surface area (TPSA) is 9.23 Å². The van der Waals surface area contributed by atoms with E-state index in [9.17, 15) is 0 Å². The Kier molecular flexibility index (Phi) is 9.84. The van der Waals surface area contributed by atoms with Crippen molar-refractivity contribution in [1.82, 2.24) is 0 Å². The predicted molar refractivity (Wildman–Crippen MR) is 155 cm³/mol. The molecule has 1 saturated carbocycles. The second kappa shape index (κ2) is 12.0. The van der Waals surface area contributed by atoms with Crippen LogP contribution in [0.4, 0.5) is 4.39 Å². The number of hydrogen-bond acceptors (Lipinski definition) is 1. The van der Waals surface area contributed by atoms with Crippen LogP contribution in [-0.4, -0.2) is 8.32 Å². The first-order chi connectivity index (χ1) is 16.1. The fourth-order valence-electron chi connectivity index (χ4n) is 6.48. The summed E-state index contributed by atoms with van der Waals surface area (Å²) in [7, 11) is -1.95. The summed E-state index contributed by atoms with van der Waals surface area (Å²) >= 11 is 2.39. The number of halogens is 2. The number of hydrogen-bond donors (Lipinski definition) is 0. The fraction of sp³-hybridized carbons (Fsp3) is 0.600. The van der Waals surface area contributed by atoms with E-state index in [1.165, 1.54) is 46.8 Å². The summed E-state index contributed by atoms with van der Waals surface area (Å²) in [5.41, 5.74) is 5.62. The monoisotopic (exact) mass is 594 g/mol. The summed E-state index contributed by atoms with van der Waals surface area (Å²) in [4.78, 5) is 0. The normalized spacial score (nSPS) is 19.4. The van der Waals surface area contributed by atoms with E-state index in [1.807, 2.05) is 12.1 Å². The van der Waals surface area contributed by atoms with E-state index in [0.29, 0.717) is 34.7 Å². The maximum Gasteiger partial charge on any atom is 0.200 e. The quantitative estimate of drug-likeness (QED) is 0.207. The second-order valence-electron chi connectivity index (χ2n) is 11.3. The van der Waals surface area contributed by atoms with Gasteiger partial charge in [0.15, 0.2) is 0 Å². The highest BCUT2D eigenvalue weighted by atomic mass is 127. The molecule has 0 amide bonds. The molecule has 0 unspecified atom stereocenters. The molecule has 0 heterocycles. The molecule has 3 rings (SSSR count). The summed E-state index contributed by atoms with van der Waals surface area (Å²) in [6, 6.07) is 12.3. The van der Waals surface area contributed by atoms with Gasteiger partial charge < -0.3 is 4.43 Å². The predicted octanol–water partition coefficient (Wildman–Crippen LogP) is 10.5. The minimum Gasteiger partial charge on any atom is -0.412 e. The first-order valence-electron chi connectivity index (χ1n) is 13.3. The summed E-state index contributed by atoms with van der Waals surface area (Å²) in [5.74, 6) is 1.27. The van der Waals surface area contributed by atoms with Gasteiger partial charge in [-0.1, -0.05) is 73.1 Å². The Labute approximate surface area is 222 Å². The number of benzene rings is 2. The van der Waals surface area contributed by atoms with Gasteiger partial charge in [-0.25, -0.2) is 4.39 Å². The van der Waals surface area contributed by atoms with Crippen LogP contribution in [0.5, 0.6) is 0 Å². The van der Waals surface area contributed by atoms with Crippen LogP contribution in [0.2, 0.25) is 16.6 Å². The third-order valence-electron chi connectivity index (χ3n) is 8.43. The summed E-state index contributed by atoms with van der Waals surface area (Å²) in [6.45, 7) is 16.8. The van der Waals surface area contributed by atoms with Crippen molar-refractivity contribution in [2.75, 3.05) is 0 Å². The molecule has 0 N–H and O–H groups in total. The zero-order chi connectivity index (χ0) is 25.0. The summed E-state index contributed by atoms with van der Waals surface area (Å²) < 4.78 is 23.4. The Morgan fingerprint density at radius 1 is 0.912 bits per heavy atom. The van der Waals surface area contributed by atoms with Crippen molar-refractivity contribution in [2.24, 2.45) is 5.92 Å². The lowest BCUT2D eigenvalue weighted by Crippen LogP contribution is -2.47. The lowest BCUT2D eigenvalue weighted by molar-refractivity contribution is 0.265. The summed E-state index contributed by atoms with van der Waals surface area (Å²) in [5, 5.41) is 0. The third kappa shape index (κ3) is 5.97. The van der Waals surface area contributed by atoms with E-state index in [4.69, 9.17) is 4.43 Å². The van der Waals surface area contributed by atoms with Crippen LogP contribution in [-0.2, 0) is 11.0 Å². The molecule has 1 nitrogen and oxygen atoms in total. The van der Waals surface area contributed by atoms with Crippen molar-refractivity contribution in [3.8, 4) is 11.1 Å². The Morgan fingerprint density at radius 2 is 1.53 bits per heavy atom. The Morgan fingerprint density at radius 3 is 2.06 bits per heavy atom. The molecule has 0 atom stereocenters. The first kappa shape index (κ1) is 27.9. The van der Waals surface area contributed by atoms with Gasteiger partial charge in [0.25, 0.3) is 0 Å². The van der Waals surface area contributed by atoms with E-state index < -0.39 is 8.32 Å². The third-order valence-corrected chi connectivity index (χ3v) is 15.5. The van der Waals surface area contributed by atoms with Crippen LogP contribution < -0.4 is 0 Å². The molecule has 2 aromatic carbocycles. The molecule has 0 aromatic heterocycles. The van der Waals surface area contributed by atoms with Gasteiger partial charge in [-0.3, -0.25) is 0 Å². The van der Waals surface area contributed by atoms with Crippen LogP contribution in [0.25, 0.3) is 11.1 Å². The van der Waals surface area contributed by atoms with E-state index >= 15 is 4.39 Å². The van der Waals surface area contributed by atoms with Crippen LogP contribution in [0.3, 0.4) is 0 Å². The van der Waals surface area contributed by atoms with Gasteiger partial charge in [0, 0.05) is 9.13 Å². The SMILES string of the molecule is CCC1CCC(c2ccc(-c3ccc(I)c(CO[Si](C(C)C)(C(C)C)C(C)C)c3)c(F)c2)CC1. The van der Waals surface area contributed by atoms with Crippen LogP contribution >= 0.6 is 22.6 Å². The molecule has 0 bridgehead atoms. The van der Waals surface area contributed by atoms with Gasteiger partial charge >= 0.3 is 0 Å². The average Bonchev–Trinajstić information content (AvgIpc) is 2.80. The minimum absolute atomic E-state index is 0.0987. The molecule has 0 spiro atoms. The van der Waals surface area contributed by atoms with Crippen molar-refractivity contribution in [1.29, 1.82) is 0 Å². The standard InChI is InChI=1S/C30H44FIOSi/c1-8-23-9-11-24(12-10-23)25-13-15-28(29(31)18-25)26-14-16-30(32)27(17-26)19-33-34(20(2)3,21(4)5)22(6)7/h13-18,20-24H,8-12,19H2,1-7H3. The lowest BCUT2D eigenvalue weighted by atomic mass is 9.77. The second-order valence-corrected chi connectivity index (χ2v) is 17.9. The zero-order valence-corrected chi connectivity index (χ0v) is 25.4. The molecule has 34 heavy (non-hydrogen) atoms. The average molecular weight is 595 g/mol. The van der Waals surface area contributed by atoms with Gasteiger partial charge in [0.05, 0.1) is 6.61 Å². The van der Waals surface area contributed by atoms with E-state index in [2.05, 4.69) is 89.3 Å². The van der Waals surface area contributed by atoms with E-state index in [-0.39, 0.29) is 5.82 Å². The minimum atomic E-state index is -1.95. The first-order valence-corrected chi connectivity index (χ1v) is 16.5. The fourth-order valence-corrected chi connectivity index (χ4v) is 12.4. The molecular formula is C30H44FIOSi. The Hall–Kier alpha value is -0.723. The van der Waals surface area contributed by atoms with E-state index in [0.717, 1.165) is 11.5 Å². The molecule has 1 aliphatic rings. The molecule has 1 aliphatic carbocycles. The molecule has 0 aliphatic heterocycles. The van der Waals surface area contributed by atoms with Gasteiger partial charge in [-0.05, 0) is 112 Å². The Balaban J connectivity index is 1.82. The van der Waals surface area contributed by atoms with Crippen LogP contribution in [0.1, 0.15) is 97.6 Å². The zero-order valence-electron chi connectivity index (χ0n) is 22.3. The highest BCUT2D eigenvalue weighted by Gasteiger charge is 2.45. The molecule has 4 heteroatoms. The molecular weight excluding hydrogens is 550 g/mol. The van der Waals surface area contributed by atoms with Gasteiger partial charge in [-0.2, -0.15) is 0 Å². The van der Waals surface area contributed by atoms with Crippen molar-refractivity contribution in [2.45, 2.75) is 110 Å². The van der Waals surface area contributed by atoms with Gasteiger partial charge in [-0.15, -0.1) is 0 Å². The van der Waals surface area contributed by atoms with Crippen molar-refractivity contribution >= 4 is 30.9 Å². The molecule has 188 valence electrons. The maximum atomic E-state index is 15.3. The highest BCUT2D eigenvalue weighted by molar-refractivity contribution is 14.1. The number of rotatable bonds is 9. The van der Waals surface area contributed by atoms with Crippen LogP contribution in [0.15, 0.2) is 36.4 Å². The largest absolute Gasteiger partial charge is 0.412 e. The van der Waals surface area contributed by atoms with Gasteiger partial charge in [0.2, 0.25) is 8.32 Å². The summed E-state index contributed by atoms with van der Waals surface area (Å²) in [6.07, 6.45) is 6.21. The Bertz CT molecular complexity index is 925. The van der Waals surface area contributed by atoms with E-state index in [1.54, 1.807) is 6.07 Å². The highest BCUT2D eigenvalue weighted by Crippen LogP contribution is 2.43. The van der Waals surface area contributed by atoms with Crippen molar-refractivity contribution in [3.05, 3.63) is 56.9 Å². The molecule has 0 saturated heterocycles.